The highest BCUT2D eigenvalue weighted by atomic mass is 32.1. The Kier molecular flexibility index (Phi) is 4.90. The number of aryl methyl sites for hydroxylation is 2. The monoisotopic (exact) mass is 449 g/mol. The van der Waals surface area contributed by atoms with Crippen LogP contribution in [0, 0.1) is 12.7 Å². The molecule has 2 aromatic carbocycles. The third-order valence-electron chi connectivity index (χ3n) is 5.44. The predicted octanol–water partition coefficient (Wildman–Crippen LogP) is 4.34. The summed E-state index contributed by atoms with van der Waals surface area (Å²) in [6, 6.07) is 11.7. The van der Waals surface area contributed by atoms with E-state index in [1.165, 1.54) is 23.5 Å². The predicted molar refractivity (Wildman–Crippen MR) is 122 cm³/mol. The molecule has 3 heterocycles. The number of rotatable bonds is 5. The van der Waals surface area contributed by atoms with E-state index in [4.69, 9.17) is 4.74 Å². The molecule has 0 fully saturated rings. The van der Waals surface area contributed by atoms with Crippen LogP contribution in [0.1, 0.15) is 20.9 Å². The number of amides is 1. The fourth-order valence-electron chi connectivity index (χ4n) is 3.74. The van der Waals surface area contributed by atoms with Gasteiger partial charge in [0.2, 0.25) is 5.88 Å². The smallest absolute Gasteiger partial charge is 0.251 e. The van der Waals surface area contributed by atoms with Crippen molar-refractivity contribution in [2.75, 3.05) is 7.11 Å². The van der Waals surface area contributed by atoms with E-state index in [-0.39, 0.29) is 11.7 Å². The summed E-state index contributed by atoms with van der Waals surface area (Å²) in [6.07, 6.45) is 1.93. The van der Waals surface area contributed by atoms with Crippen LogP contribution >= 0.6 is 11.3 Å². The van der Waals surface area contributed by atoms with E-state index in [0.717, 1.165) is 32.2 Å². The topological polar surface area (TPSA) is 73.4 Å². The number of ether oxygens (including phenoxy) is 1. The summed E-state index contributed by atoms with van der Waals surface area (Å²) in [5.41, 5.74) is 3.90. The summed E-state index contributed by atoms with van der Waals surface area (Å²) < 4.78 is 22.2. The zero-order chi connectivity index (χ0) is 22.4. The van der Waals surface area contributed by atoms with Crippen LogP contribution in [0.2, 0.25) is 0 Å². The van der Waals surface area contributed by atoms with Crippen LogP contribution in [-0.2, 0) is 13.6 Å². The van der Waals surface area contributed by atoms with Gasteiger partial charge in [-0.1, -0.05) is 11.3 Å². The van der Waals surface area contributed by atoms with Gasteiger partial charge < -0.3 is 10.1 Å². The molecule has 5 rings (SSSR count). The highest BCUT2D eigenvalue weighted by Crippen LogP contribution is 2.28. The zero-order valence-corrected chi connectivity index (χ0v) is 18.5. The van der Waals surface area contributed by atoms with Crippen LogP contribution in [0.4, 0.5) is 4.39 Å². The van der Waals surface area contributed by atoms with Crippen molar-refractivity contribution in [2.45, 2.75) is 13.5 Å². The molecule has 0 saturated carbocycles. The van der Waals surface area contributed by atoms with E-state index < -0.39 is 0 Å². The number of methoxy groups -OCH3 is 1. The summed E-state index contributed by atoms with van der Waals surface area (Å²) >= 11 is 1.52. The summed E-state index contributed by atoms with van der Waals surface area (Å²) in [5, 5.41) is 8.24. The van der Waals surface area contributed by atoms with Crippen molar-refractivity contribution in [3.8, 4) is 17.1 Å². The maximum Gasteiger partial charge on any atom is 0.251 e. The quantitative estimate of drug-likeness (QED) is 0.433. The Bertz CT molecular complexity index is 1470. The zero-order valence-electron chi connectivity index (χ0n) is 17.7. The maximum absolute atomic E-state index is 13.2. The lowest BCUT2D eigenvalue weighted by Gasteiger charge is -2.05. The second-order valence-corrected chi connectivity index (χ2v) is 8.51. The van der Waals surface area contributed by atoms with Crippen molar-refractivity contribution in [1.29, 1.82) is 0 Å². The first-order valence-electron chi connectivity index (χ1n) is 9.97. The number of benzene rings is 2. The van der Waals surface area contributed by atoms with Crippen LogP contribution in [0.25, 0.3) is 27.1 Å². The first-order valence-corrected chi connectivity index (χ1v) is 10.8. The van der Waals surface area contributed by atoms with E-state index in [1.807, 2.05) is 23.6 Å². The van der Waals surface area contributed by atoms with Gasteiger partial charge in [-0.05, 0) is 49.4 Å². The summed E-state index contributed by atoms with van der Waals surface area (Å²) in [6.45, 7) is 2.39. The molecule has 0 atom stereocenters. The normalized spacial score (nSPS) is 11.4. The van der Waals surface area contributed by atoms with Crippen molar-refractivity contribution in [3.05, 3.63) is 70.6 Å². The van der Waals surface area contributed by atoms with Crippen molar-refractivity contribution in [3.63, 3.8) is 0 Å². The second kappa shape index (κ2) is 7.76. The van der Waals surface area contributed by atoms with Gasteiger partial charge in [-0.15, -0.1) is 0 Å². The van der Waals surface area contributed by atoms with Crippen molar-refractivity contribution in [2.24, 2.45) is 7.05 Å². The number of hydrogen-bond acceptors (Lipinski definition) is 5. The van der Waals surface area contributed by atoms with Gasteiger partial charge in [-0.2, -0.15) is 5.10 Å². The van der Waals surface area contributed by atoms with Crippen LogP contribution < -0.4 is 10.1 Å². The Morgan fingerprint density at radius 2 is 2.00 bits per heavy atom. The summed E-state index contributed by atoms with van der Waals surface area (Å²) in [5.74, 6) is 0.212. The lowest BCUT2D eigenvalue weighted by molar-refractivity contribution is 0.0951. The molecule has 0 aliphatic carbocycles. The first kappa shape index (κ1) is 20.2. The Labute approximate surface area is 187 Å². The van der Waals surface area contributed by atoms with Crippen LogP contribution in [0.15, 0.2) is 48.7 Å². The van der Waals surface area contributed by atoms with Crippen molar-refractivity contribution >= 4 is 33.1 Å². The minimum Gasteiger partial charge on any atom is -0.481 e. The molecule has 3 aromatic heterocycles. The van der Waals surface area contributed by atoms with Gasteiger partial charge in [0.05, 0.1) is 30.3 Å². The van der Waals surface area contributed by atoms with Gasteiger partial charge in [-0.3, -0.25) is 9.20 Å². The molecule has 0 aliphatic heterocycles. The third kappa shape index (κ3) is 3.40. The molecule has 0 spiro atoms. The van der Waals surface area contributed by atoms with Crippen LogP contribution in [0.3, 0.4) is 0 Å². The Balaban J connectivity index is 1.34. The van der Waals surface area contributed by atoms with E-state index in [9.17, 15) is 9.18 Å². The highest BCUT2D eigenvalue weighted by Gasteiger charge is 2.16. The molecular weight excluding hydrogens is 429 g/mol. The standard InChI is InChI=1S/C23H20FN5O2S/c1-13-20(32-23-26-19(12-29(13)23)14-4-7-16(24)8-5-14)11-25-21(30)15-6-9-17-18(10-15)27-28(2)22(17)31-3/h4-10,12H,11H2,1-3H3,(H,25,30). The third-order valence-corrected chi connectivity index (χ3v) is 6.59. The van der Waals surface area contributed by atoms with Crippen LogP contribution in [-0.4, -0.2) is 32.2 Å². The Morgan fingerprint density at radius 3 is 2.72 bits per heavy atom. The molecular formula is C23H20FN5O2S. The molecule has 0 unspecified atom stereocenters. The van der Waals surface area contributed by atoms with Crippen molar-refractivity contribution < 1.29 is 13.9 Å². The average molecular weight is 450 g/mol. The van der Waals surface area contributed by atoms with Gasteiger partial charge in [0.1, 0.15) is 5.82 Å². The molecule has 0 saturated heterocycles. The van der Waals surface area contributed by atoms with E-state index >= 15 is 0 Å². The molecule has 0 bridgehead atoms. The fourth-order valence-corrected chi connectivity index (χ4v) is 4.78. The molecule has 0 radical (unpaired) electrons. The van der Waals surface area contributed by atoms with Crippen LogP contribution in [0.5, 0.6) is 5.88 Å². The fraction of sp³-hybridized carbons (Fsp3) is 0.174. The number of carbonyl (C=O) groups excluding carboxylic acids is 1. The first-order chi connectivity index (χ1) is 15.4. The summed E-state index contributed by atoms with van der Waals surface area (Å²) in [7, 11) is 3.40. The number of aromatic nitrogens is 4. The number of nitrogens with zero attached hydrogens (tertiary/aromatic N) is 4. The van der Waals surface area contributed by atoms with Crippen molar-refractivity contribution in [1.82, 2.24) is 24.5 Å². The lowest BCUT2D eigenvalue weighted by atomic mass is 10.1. The Morgan fingerprint density at radius 1 is 1.22 bits per heavy atom. The van der Waals surface area contributed by atoms with Gasteiger partial charge in [0.25, 0.3) is 5.91 Å². The Hall–Kier alpha value is -3.72. The van der Waals surface area contributed by atoms with Gasteiger partial charge in [0.15, 0.2) is 4.96 Å². The minimum absolute atomic E-state index is 0.172. The molecule has 5 aromatic rings. The molecule has 9 heteroatoms. The SMILES string of the molecule is COc1c2ccc(C(=O)NCc3sc4nc(-c5ccc(F)cc5)cn4c3C)cc2nn1C. The number of carbonyl (C=O) groups is 1. The lowest BCUT2D eigenvalue weighted by Crippen LogP contribution is -2.22. The molecule has 1 N–H and O–H groups in total. The number of imidazole rings is 1. The molecule has 7 nitrogen and oxygen atoms in total. The highest BCUT2D eigenvalue weighted by molar-refractivity contribution is 7.17. The average Bonchev–Trinajstić information content (AvgIpc) is 3.43. The molecule has 0 aliphatic rings. The molecule has 162 valence electrons. The minimum atomic E-state index is -0.273. The number of fused-ring (bicyclic) bond motifs is 2. The number of thiazole rings is 1. The summed E-state index contributed by atoms with van der Waals surface area (Å²) in [4.78, 5) is 19.2. The molecule has 32 heavy (non-hydrogen) atoms. The van der Waals surface area contributed by atoms with E-state index in [0.29, 0.717) is 23.5 Å². The largest absolute Gasteiger partial charge is 0.481 e. The maximum atomic E-state index is 13.2. The van der Waals surface area contributed by atoms with Gasteiger partial charge >= 0.3 is 0 Å². The van der Waals surface area contributed by atoms with E-state index in [2.05, 4.69) is 15.4 Å². The van der Waals surface area contributed by atoms with Gasteiger partial charge in [-0.25, -0.2) is 14.1 Å². The number of hydrogen-bond donors (Lipinski definition) is 1. The second-order valence-electron chi connectivity index (χ2n) is 7.44. The number of halogens is 1. The van der Waals surface area contributed by atoms with E-state index in [1.54, 1.807) is 43.1 Å². The molecule has 1 amide bonds. The van der Waals surface area contributed by atoms with Gasteiger partial charge in [0, 0.05) is 34.9 Å². The number of nitrogens with one attached hydrogen (secondary N) is 1.